The van der Waals surface area contributed by atoms with Crippen LogP contribution in [0.5, 0.6) is 0 Å². The van der Waals surface area contributed by atoms with Gasteiger partial charge >= 0.3 is 0 Å². The first kappa shape index (κ1) is 22.5. The third-order valence-corrected chi connectivity index (χ3v) is 4.99. The van der Waals surface area contributed by atoms with Crippen molar-refractivity contribution in [2.75, 3.05) is 23.9 Å². The van der Waals surface area contributed by atoms with E-state index < -0.39 is 17.9 Å². The van der Waals surface area contributed by atoms with Crippen molar-refractivity contribution >= 4 is 35.2 Å². The van der Waals surface area contributed by atoms with Crippen molar-refractivity contribution in [1.82, 2.24) is 10.6 Å². The van der Waals surface area contributed by atoms with E-state index in [1.165, 1.54) is 12.3 Å². The van der Waals surface area contributed by atoms with Crippen LogP contribution in [0.15, 0.2) is 34.9 Å². The van der Waals surface area contributed by atoms with Crippen molar-refractivity contribution in [1.29, 1.82) is 0 Å². The molecular weight excluding hydrogens is 390 g/mol. The number of benzene rings is 1. The SMILES string of the molecule is CSCCC(NC(=O)c1ccco1)C(=O)NCC(=O)Nc1c(C)cc(C)cc1C. The van der Waals surface area contributed by atoms with Gasteiger partial charge in [-0.15, -0.1) is 0 Å². The molecule has 2 aromatic rings. The van der Waals surface area contributed by atoms with Gasteiger partial charge in [0.25, 0.3) is 5.91 Å². The van der Waals surface area contributed by atoms with Gasteiger partial charge in [-0.2, -0.15) is 11.8 Å². The molecule has 0 bridgehead atoms. The zero-order valence-electron chi connectivity index (χ0n) is 17.1. The number of aryl methyl sites for hydroxylation is 3. The molecule has 0 aliphatic heterocycles. The molecule has 3 N–H and O–H groups in total. The summed E-state index contributed by atoms with van der Waals surface area (Å²) in [5.74, 6) is -0.382. The molecule has 0 aliphatic carbocycles. The topological polar surface area (TPSA) is 100 Å². The zero-order chi connectivity index (χ0) is 21.4. The van der Waals surface area contributed by atoms with Crippen LogP contribution in [0, 0.1) is 20.8 Å². The number of thioether (sulfide) groups is 1. The summed E-state index contributed by atoms with van der Waals surface area (Å²) in [6.07, 6.45) is 3.76. The van der Waals surface area contributed by atoms with Crippen molar-refractivity contribution in [2.24, 2.45) is 0 Å². The van der Waals surface area contributed by atoms with E-state index in [0.29, 0.717) is 12.2 Å². The van der Waals surface area contributed by atoms with E-state index in [4.69, 9.17) is 4.42 Å². The van der Waals surface area contributed by atoms with Crippen LogP contribution in [0.2, 0.25) is 0 Å². The minimum Gasteiger partial charge on any atom is -0.459 e. The Morgan fingerprint density at radius 1 is 1.14 bits per heavy atom. The van der Waals surface area contributed by atoms with Crippen molar-refractivity contribution in [3.63, 3.8) is 0 Å². The van der Waals surface area contributed by atoms with Gasteiger partial charge in [0.15, 0.2) is 5.76 Å². The first-order chi connectivity index (χ1) is 13.8. The molecule has 8 heteroatoms. The van der Waals surface area contributed by atoms with Gasteiger partial charge in [0, 0.05) is 5.69 Å². The predicted octanol–water partition coefficient (Wildman–Crippen LogP) is 2.81. The zero-order valence-corrected chi connectivity index (χ0v) is 17.9. The lowest BCUT2D eigenvalue weighted by molar-refractivity contribution is -0.125. The fourth-order valence-corrected chi connectivity index (χ4v) is 3.46. The van der Waals surface area contributed by atoms with Crippen LogP contribution >= 0.6 is 11.8 Å². The fraction of sp³-hybridized carbons (Fsp3) is 0.381. The summed E-state index contributed by atoms with van der Waals surface area (Å²) in [6, 6.07) is 6.35. The lowest BCUT2D eigenvalue weighted by Gasteiger charge is -2.18. The average Bonchev–Trinajstić information content (AvgIpc) is 3.20. The summed E-state index contributed by atoms with van der Waals surface area (Å²) in [5, 5.41) is 8.12. The smallest absolute Gasteiger partial charge is 0.287 e. The van der Waals surface area contributed by atoms with Crippen LogP contribution in [-0.2, 0) is 9.59 Å². The molecule has 29 heavy (non-hydrogen) atoms. The van der Waals surface area contributed by atoms with Crippen LogP contribution in [-0.4, -0.2) is 42.3 Å². The highest BCUT2D eigenvalue weighted by Gasteiger charge is 2.22. The monoisotopic (exact) mass is 417 g/mol. The Morgan fingerprint density at radius 3 is 2.41 bits per heavy atom. The fourth-order valence-electron chi connectivity index (χ4n) is 2.99. The number of rotatable bonds is 9. The van der Waals surface area contributed by atoms with Gasteiger partial charge in [0.05, 0.1) is 12.8 Å². The van der Waals surface area contributed by atoms with E-state index >= 15 is 0 Å². The summed E-state index contributed by atoms with van der Waals surface area (Å²) < 4.78 is 5.06. The van der Waals surface area contributed by atoms with Gasteiger partial charge in [0.1, 0.15) is 6.04 Å². The maximum absolute atomic E-state index is 12.5. The second-order valence-corrected chi connectivity index (χ2v) is 7.81. The van der Waals surface area contributed by atoms with Crippen molar-refractivity contribution in [2.45, 2.75) is 33.2 Å². The highest BCUT2D eigenvalue weighted by molar-refractivity contribution is 7.98. The Bertz CT molecular complexity index is 842. The summed E-state index contributed by atoms with van der Waals surface area (Å²) in [7, 11) is 0. The molecule has 0 fully saturated rings. The normalized spacial score (nSPS) is 11.6. The first-order valence-electron chi connectivity index (χ1n) is 9.30. The number of carbonyl (C=O) groups is 3. The number of carbonyl (C=O) groups excluding carboxylic acids is 3. The standard InChI is InChI=1S/C21H27N3O4S/c1-13-10-14(2)19(15(3)11-13)24-18(25)12-22-20(26)16(7-9-29-4)23-21(27)17-6-5-8-28-17/h5-6,8,10-11,16H,7,9,12H2,1-4H3,(H,22,26)(H,23,27)(H,24,25). The molecule has 1 atom stereocenters. The Kier molecular flexibility index (Phi) is 8.33. The molecule has 156 valence electrons. The van der Waals surface area contributed by atoms with Gasteiger partial charge in [0.2, 0.25) is 11.8 Å². The molecule has 7 nitrogen and oxygen atoms in total. The Labute approximate surface area is 175 Å². The molecule has 3 amide bonds. The van der Waals surface area contributed by atoms with Gasteiger partial charge in [-0.25, -0.2) is 0 Å². The second-order valence-electron chi connectivity index (χ2n) is 6.82. The van der Waals surface area contributed by atoms with Crippen LogP contribution < -0.4 is 16.0 Å². The summed E-state index contributed by atoms with van der Waals surface area (Å²) in [4.78, 5) is 37.1. The third kappa shape index (κ3) is 6.67. The maximum atomic E-state index is 12.5. The summed E-state index contributed by atoms with van der Waals surface area (Å²) in [6.45, 7) is 5.67. The van der Waals surface area contributed by atoms with E-state index in [-0.39, 0.29) is 18.2 Å². The molecule has 1 aromatic carbocycles. The van der Waals surface area contributed by atoms with Gasteiger partial charge < -0.3 is 20.4 Å². The van der Waals surface area contributed by atoms with Crippen LogP contribution in [0.25, 0.3) is 0 Å². The predicted molar refractivity (Wildman–Crippen MR) is 115 cm³/mol. The number of furan rings is 1. The summed E-state index contributed by atoms with van der Waals surface area (Å²) in [5.41, 5.74) is 3.80. The average molecular weight is 418 g/mol. The van der Waals surface area contributed by atoms with Gasteiger partial charge in [-0.1, -0.05) is 17.7 Å². The largest absolute Gasteiger partial charge is 0.459 e. The Hall–Kier alpha value is -2.74. The molecule has 1 unspecified atom stereocenters. The number of hydrogen-bond acceptors (Lipinski definition) is 5. The van der Waals surface area contributed by atoms with Crippen LogP contribution in [0.3, 0.4) is 0 Å². The highest BCUT2D eigenvalue weighted by Crippen LogP contribution is 2.21. The quantitative estimate of drug-likeness (QED) is 0.583. The number of anilines is 1. The minimum absolute atomic E-state index is 0.134. The van der Waals surface area contributed by atoms with Crippen molar-refractivity contribution < 1.29 is 18.8 Å². The van der Waals surface area contributed by atoms with Crippen molar-refractivity contribution in [3.8, 4) is 0 Å². The lowest BCUT2D eigenvalue weighted by atomic mass is 10.1. The molecule has 1 aromatic heterocycles. The molecule has 2 rings (SSSR count). The molecular formula is C21H27N3O4S. The number of nitrogens with one attached hydrogen (secondary N) is 3. The van der Waals surface area contributed by atoms with Crippen LogP contribution in [0.4, 0.5) is 5.69 Å². The van der Waals surface area contributed by atoms with E-state index in [2.05, 4.69) is 16.0 Å². The van der Waals surface area contributed by atoms with E-state index in [0.717, 1.165) is 22.4 Å². The highest BCUT2D eigenvalue weighted by atomic mass is 32.2. The summed E-state index contributed by atoms with van der Waals surface area (Å²) >= 11 is 1.57. The van der Waals surface area contributed by atoms with Crippen LogP contribution in [0.1, 0.15) is 33.7 Å². The second kappa shape index (κ2) is 10.7. The van der Waals surface area contributed by atoms with E-state index in [1.54, 1.807) is 17.8 Å². The molecule has 0 saturated heterocycles. The molecule has 1 heterocycles. The molecule has 0 saturated carbocycles. The Balaban J connectivity index is 1.94. The van der Waals surface area contributed by atoms with Gasteiger partial charge in [-0.3, -0.25) is 14.4 Å². The molecule has 0 aliphatic rings. The van der Waals surface area contributed by atoms with E-state index in [9.17, 15) is 14.4 Å². The number of hydrogen-bond donors (Lipinski definition) is 3. The lowest BCUT2D eigenvalue weighted by Crippen LogP contribution is -2.48. The molecule has 0 spiro atoms. The number of amides is 3. The first-order valence-corrected chi connectivity index (χ1v) is 10.7. The Morgan fingerprint density at radius 2 is 1.83 bits per heavy atom. The maximum Gasteiger partial charge on any atom is 0.287 e. The van der Waals surface area contributed by atoms with Gasteiger partial charge in [-0.05, 0) is 62.5 Å². The van der Waals surface area contributed by atoms with Crippen molar-refractivity contribution in [3.05, 3.63) is 53.0 Å². The minimum atomic E-state index is -0.754. The van der Waals surface area contributed by atoms with E-state index in [1.807, 2.05) is 39.2 Å². The molecule has 0 radical (unpaired) electrons. The third-order valence-electron chi connectivity index (χ3n) is 4.34.